The lowest BCUT2D eigenvalue weighted by molar-refractivity contribution is -0.160. The van der Waals surface area contributed by atoms with E-state index in [2.05, 4.69) is 55.3 Å². The number of hydrogen-bond donors (Lipinski definition) is 6. The third-order valence-electron chi connectivity index (χ3n) is 14.5. The van der Waals surface area contributed by atoms with E-state index >= 15 is 0 Å². The number of phenolic OH excluding ortho intramolecular Hbond substituents is 3. The van der Waals surface area contributed by atoms with Gasteiger partial charge in [0.05, 0.1) is 65.1 Å². The number of carbonyl (C=O) groups excluding carboxylic acids is 3. The van der Waals surface area contributed by atoms with Gasteiger partial charge >= 0.3 is 11.8 Å². The number of aliphatic hydroxyl groups excluding tert-OH is 2. The summed E-state index contributed by atoms with van der Waals surface area (Å²) < 4.78 is 23.9. The van der Waals surface area contributed by atoms with Crippen LogP contribution in [0.25, 0.3) is 10.8 Å². The summed E-state index contributed by atoms with van der Waals surface area (Å²) in [6.45, 7) is 25.3. The predicted octanol–water partition coefficient (Wildman–Crippen LogP) is 7.98. The number of aromatic hydroxyl groups is 3. The molecule has 16 heteroatoms. The maximum absolute atomic E-state index is 14.7. The average Bonchev–Trinajstić information content (AvgIpc) is 3.57. The van der Waals surface area contributed by atoms with E-state index < -0.39 is 88.8 Å². The molecule has 2 unspecified atom stereocenters. The number of methoxy groups -OCH3 is 1. The van der Waals surface area contributed by atoms with Crippen molar-refractivity contribution in [3.8, 4) is 23.0 Å². The summed E-state index contributed by atoms with van der Waals surface area (Å²) in [4.78, 5) is 43.6. The van der Waals surface area contributed by atoms with E-state index in [-0.39, 0.29) is 62.0 Å². The van der Waals surface area contributed by atoms with Gasteiger partial charge in [-0.25, -0.2) is 0 Å². The Bertz CT molecular complexity index is 2610. The molecule has 4 aliphatic rings. The van der Waals surface area contributed by atoms with Gasteiger partial charge in [-0.1, -0.05) is 91.0 Å². The van der Waals surface area contributed by atoms with Gasteiger partial charge in [-0.15, -0.1) is 0 Å². The standard InChI is InChI=1S/C55H74N4O12/c1-28-16-15-17-29(2)53(67)57-44-39(24-56-59-30(3)25-58(26-31(59)4)27-37-18-20-38(21-19-37)54(10,11)12)48(64)41-42(49(44)65)47(63)35(8)51-43(41)52(66)55(13,71-51)69-23-22-40(68-14)32(5)50(70-36(9)60)34(7)46(62)33(6)45(28)61/h15-24,28,30-34,40,45-46,50,61-65H,25-27H2,1-14H3,(H,57,67)/b16-15+,23-22+,29-17-,56-24-/t28-,30?,31?,32+,33+,34+,40-,45-,46+,50+,55-/m0/s1. The minimum absolute atomic E-state index is 0.0408. The van der Waals surface area contributed by atoms with Gasteiger partial charge in [0.1, 0.15) is 23.4 Å². The van der Waals surface area contributed by atoms with Crippen LogP contribution in [0.15, 0.2) is 65.5 Å². The van der Waals surface area contributed by atoms with Crippen LogP contribution in [0.3, 0.4) is 0 Å². The van der Waals surface area contributed by atoms with Crippen LogP contribution in [0.5, 0.6) is 23.0 Å². The summed E-state index contributed by atoms with van der Waals surface area (Å²) in [5.41, 5.74) is 2.09. The largest absolute Gasteiger partial charge is 0.507 e. The number of fused-ring (bicyclic) bond motifs is 14. The van der Waals surface area contributed by atoms with Crippen molar-refractivity contribution >= 4 is 40.3 Å². The molecule has 7 rings (SSSR count). The Morgan fingerprint density at radius 2 is 1.54 bits per heavy atom. The summed E-state index contributed by atoms with van der Waals surface area (Å²) in [5, 5.41) is 68.4. The number of piperazine rings is 1. The molecule has 4 heterocycles. The second kappa shape index (κ2) is 21.4. The zero-order valence-electron chi connectivity index (χ0n) is 43.6. The lowest BCUT2D eigenvalue weighted by atomic mass is 9.78. The van der Waals surface area contributed by atoms with Crippen molar-refractivity contribution in [2.24, 2.45) is 28.8 Å². The first-order valence-electron chi connectivity index (χ1n) is 24.4. The normalized spacial score (nSPS) is 31.0. The van der Waals surface area contributed by atoms with Crippen LogP contribution in [-0.4, -0.2) is 122 Å². The second-order valence-corrected chi connectivity index (χ2v) is 21.1. The van der Waals surface area contributed by atoms with Crippen molar-refractivity contribution in [3.05, 3.63) is 88.2 Å². The molecule has 4 aliphatic heterocycles. The van der Waals surface area contributed by atoms with Crippen molar-refractivity contribution in [2.75, 3.05) is 25.5 Å². The van der Waals surface area contributed by atoms with Crippen molar-refractivity contribution < 1.29 is 58.9 Å². The molecule has 3 aromatic carbocycles. The van der Waals surface area contributed by atoms with Gasteiger partial charge < -0.3 is 49.8 Å². The highest BCUT2D eigenvalue weighted by Crippen LogP contribution is 2.55. The van der Waals surface area contributed by atoms with Crippen LogP contribution in [0.1, 0.15) is 116 Å². The van der Waals surface area contributed by atoms with Crippen LogP contribution in [-0.2, 0) is 35.8 Å². The van der Waals surface area contributed by atoms with Crippen LogP contribution >= 0.6 is 0 Å². The zero-order chi connectivity index (χ0) is 52.6. The molecule has 0 aliphatic carbocycles. The number of esters is 1. The molecule has 0 aromatic heterocycles. The summed E-state index contributed by atoms with van der Waals surface area (Å²) in [6.07, 6.45) is 4.90. The summed E-state index contributed by atoms with van der Waals surface area (Å²) >= 11 is 0. The minimum Gasteiger partial charge on any atom is -0.507 e. The van der Waals surface area contributed by atoms with Gasteiger partial charge in [-0.3, -0.25) is 24.3 Å². The van der Waals surface area contributed by atoms with Crippen molar-refractivity contribution in [1.82, 2.24) is 9.91 Å². The number of ketones is 1. The Morgan fingerprint density at radius 1 is 0.901 bits per heavy atom. The molecule has 0 radical (unpaired) electrons. The molecular weight excluding hydrogens is 909 g/mol. The fourth-order valence-corrected chi connectivity index (χ4v) is 10.1. The number of benzene rings is 3. The molecule has 5 bridgehead atoms. The third-order valence-corrected chi connectivity index (χ3v) is 14.5. The molecule has 0 saturated carbocycles. The van der Waals surface area contributed by atoms with Crippen LogP contribution < -0.4 is 10.1 Å². The van der Waals surface area contributed by atoms with E-state index in [9.17, 15) is 39.9 Å². The Balaban J connectivity index is 1.45. The SMILES string of the molecule is CO[C@H]1/C=C/O[C@@]2(C)Oc3c(C)c(O)c4c(O)c(c(/C=N\N5C(C)CN(Cc6ccc(C(C)(C)C)cc6)CC5C)c(O)c4c3C2=O)NC(=O)/C(C)=C\C=C\[C@H](C)[C@H](O)[C@@H](C)[C@@H](O)[C@@H](C)[C@H](OC(C)=O)[C@@H]1C. The molecule has 71 heavy (non-hydrogen) atoms. The van der Waals surface area contributed by atoms with Gasteiger partial charge in [0, 0.05) is 80.8 Å². The van der Waals surface area contributed by atoms with Crippen molar-refractivity contribution in [3.63, 3.8) is 0 Å². The van der Waals surface area contributed by atoms with E-state index in [1.54, 1.807) is 39.8 Å². The van der Waals surface area contributed by atoms with Crippen LogP contribution in [0.4, 0.5) is 5.69 Å². The number of hydrazone groups is 1. The topological polar surface area (TPSA) is 220 Å². The monoisotopic (exact) mass is 983 g/mol. The zero-order valence-corrected chi connectivity index (χ0v) is 43.6. The fourth-order valence-electron chi connectivity index (χ4n) is 10.1. The van der Waals surface area contributed by atoms with Gasteiger partial charge in [0.15, 0.2) is 5.75 Å². The van der Waals surface area contributed by atoms with E-state index in [1.165, 1.54) is 70.6 Å². The number of nitrogens with zero attached hydrogens (tertiary/aromatic N) is 3. The van der Waals surface area contributed by atoms with Gasteiger partial charge in [-0.2, -0.15) is 5.10 Å². The number of phenols is 3. The van der Waals surface area contributed by atoms with E-state index in [0.717, 1.165) is 6.54 Å². The van der Waals surface area contributed by atoms with Gasteiger partial charge in [-0.05, 0) is 50.3 Å². The fraction of sp³-hybridized carbons (Fsp3) is 0.527. The Kier molecular flexibility index (Phi) is 16.4. The molecule has 1 amide bonds. The highest BCUT2D eigenvalue weighted by atomic mass is 16.7. The average molecular weight is 983 g/mol. The lowest BCUT2D eigenvalue weighted by Crippen LogP contribution is -2.54. The molecule has 16 nitrogen and oxygen atoms in total. The maximum atomic E-state index is 14.7. The molecule has 6 N–H and O–H groups in total. The van der Waals surface area contributed by atoms with Gasteiger partial charge in [0.2, 0.25) is 0 Å². The predicted molar refractivity (Wildman–Crippen MR) is 273 cm³/mol. The highest BCUT2D eigenvalue weighted by molar-refractivity contribution is 6.23. The summed E-state index contributed by atoms with van der Waals surface area (Å²) in [7, 11) is 1.44. The number of amides is 1. The quantitative estimate of drug-likeness (QED) is 0.0597. The Labute approximate surface area is 417 Å². The van der Waals surface area contributed by atoms with Crippen LogP contribution in [0, 0.1) is 30.6 Å². The number of nitrogens with one attached hydrogen (secondary N) is 1. The molecule has 11 atom stereocenters. The first-order chi connectivity index (χ1) is 33.2. The van der Waals surface area contributed by atoms with Gasteiger partial charge in [0.25, 0.3) is 11.7 Å². The van der Waals surface area contributed by atoms with Crippen molar-refractivity contribution in [1.29, 1.82) is 0 Å². The number of carbonyl (C=O) groups is 3. The van der Waals surface area contributed by atoms with Crippen LogP contribution in [0.2, 0.25) is 0 Å². The summed E-state index contributed by atoms with van der Waals surface area (Å²) in [5.74, 6) is -8.48. The molecule has 0 spiro atoms. The number of rotatable bonds is 6. The first-order valence-corrected chi connectivity index (χ1v) is 24.4. The third kappa shape index (κ3) is 11.1. The molecule has 1 fully saturated rings. The Morgan fingerprint density at radius 3 is 2.13 bits per heavy atom. The van der Waals surface area contributed by atoms with E-state index in [1.807, 2.05) is 18.9 Å². The second-order valence-electron chi connectivity index (χ2n) is 21.1. The van der Waals surface area contributed by atoms with E-state index in [0.29, 0.717) is 13.1 Å². The van der Waals surface area contributed by atoms with E-state index in [4.69, 9.17) is 24.0 Å². The first kappa shape index (κ1) is 54.4. The molecular formula is C55H74N4O12. The Hall–Kier alpha value is -5.94. The lowest BCUT2D eigenvalue weighted by Gasteiger charge is -2.43. The smallest absolute Gasteiger partial charge is 0.312 e. The number of allylic oxidation sites excluding steroid dienone is 2. The number of aliphatic hydroxyl groups is 2. The number of ether oxygens (including phenoxy) is 4. The highest BCUT2D eigenvalue weighted by Gasteiger charge is 2.50. The number of hydrogen-bond acceptors (Lipinski definition) is 15. The van der Waals surface area contributed by atoms with Crippen molar-refractivity contribution in [2.45, 2.75) is 144 Å². The summed E-state index contributed by atoms with van der Waals surface area (Å²) in [6, 6.07) is 8.43. The molecule has 1 saturated heterocycles. The minimum atomic E-state index is -2.07. The molecule has 386 valence electrons. The molecule has 3 aromatic rings. The number of Topliss-reactive ketones (excluding diaryl/α,β-unsaturated/α-hetero) is 1. The number of anilines is 1. The maximum Gasteiger partial charge on any atom is 0.312 e.